The SMILES string of the molecule is CC(C)[C@@H]1CN(C(=O)c2ccn(C)c(=O)c2)c2ccccc2N1. The Morgan fingerprint density at radius 1 is 1.26 bits per heavy atom. The zero-order chi connectivity index (χ0) is 16.6. The van der Waals surface area contributed by atoms with Crippen molar-refractivity contribution < 1.29 is 4.79 Å². The van der Waals surface area contributed by atoms with Crippen LogP contribution in [0.1, 0.15) is 24.2 Å². The number of nitrogens with zero attached hydrogens (tertiary/aromatic N) is 2. The van der Waals surface area contributed by atoms with Crippen molar-refractivity contribution in [3.63, 3.8) is 0 Å². The Hall–Kier alpha value is -2.56. The van der Waals surface area contributed by atoms with Crippen LogP contribution in [0.4, 0.5) is 11.4 Å². The summed E-state index contributed by atoms with van der Waals surface area (Å²) in [6.07, 6.45) is 1.63. The van der Waals surface area contributed by atoms with E-state index in [9.17, 15) is 9.59 Å². The van der Waals surface area contributed by atoms with Gasteiger partial charge in [-0.2, -0.15) is 0 Å². The summed E-state index contributed by atoms with van der Waals surface area (Å²) in [5.74, 6) is 0.254. The number of rotatable bonds is 2. The maximum atomic E-state index is 12.9. The maximum Gasteiger partial charge on any atom is 0.258 e. The molecular weight excluding hydrogens is 290 g/mol. The predicted octanol–water partition coefficient (Wildman–Crippen LogP) is 2.48. The van der Waals surface area contributed by atoms with Gasteiger partial charge in [-0.1, -0.05) is 26.0 Å². The van der Waals surface area contributed by atoms with E-state index < -0.39 is 0 Å². The molecule has 1 N–H and O–H groups in total. The van der Waals surface area contributed by atoms with Crippen LogP contribution in [0.15, 0.2) is 47.4 Å². The first-order valence-corrected chi connectivity index (χ1v) is 7.81. The average Bonchev–Trinajstić information content (AvgIpc) is 2.55. The first kappa shape index (κ1) is 15.3. The van der Waals surface area contributed by atoms with Gasteiger partial charge < -0.3 is 14.8 Å². The Kier molecular flexibility index (Phi) is 3.94. The first-order valence-electron chi connectivity index (χ1n) is 7.81. The highest BCUT2D eigenvalue weighted by molar-refractivity contribution is 6.08. The van der Waals surface area contributed by atoms with E-state index in [2.05, 4.69) is 19.2 Å². The molecule has 5 heteroatoms. The fourth-order valence-corrected chi connectivity index (χ4v) is 2.78. The molecule has 0 saturated heterocycles. The van der Waals surface area contributed by atoms with Gasteiger partial charge in [-0.05, 0) is 24.1 Å². The molecule has 1 aliphatic rings. The standard InChI is InChI=1S/C18H21N3O2/c1-12(2)15-11-21(16-7-5-4-6-14(16)19-15)18(23)13-8-9-20(3)17(22)10-13/h4-10,12,15,19H,11H2,1-3H3/t15-/m0/s1. The Bertz CT molecular complexity index is 795. The van der Waals surface area contributed by atoms with Crippen LogP contribution in [0.3, 0.4) is 0 Å². The zero-order valence-corrected chi connectivity index (χ0v) is 13.6. The Morgan fingerprint density at radius 2 is 2.00 bits per heavy atom. The van der Waals surface area contributed by atoms with Gasteiger partial charge >= 0.3 is 0 Å². The molecular formula is C18H21N3O2. The molecule has 23 heavy (non-hydrogen) atoms. The van der Waals surface area contributed by atoms with Crippen molar-refractivity contribution in [2.45, 2.75) is 19.9 Å². The van der Waals surface area contributed by atoms with E-state index in [0.29, 0.717) is 18.0 Å². The highest BCUT2D eigenvalue weighted by atomic mass is 16.2. The van der Waals surface area contributed by atoms with E-state index in [1.54, 1.807) is 24.2 Å². The number of hydrogen-bond donors (Lipinski definition) is 1. The summed E-state index contributed by atoms with van der Waals surface area (Å²) in [7, 11) is 1.67. The summed E-state index contributed by atoms with van der Waals surface area (Å²) in [5.41, 5.74) is 2.05. The number of anilines is 2. The number of amides is 1. The van der Waals surface area contributed by atoms with Crippen molar-refractivity contribution in [2.75, 3.05) is 16.8 Å². The van der Waals surface area contributed by atoms with Crippen LogP contribution in [0, 0.1) is 5.92 Å². The van der Waals surface area contributed by atoms with Crippen LogP contribution in [0.5, 0.6) is 0 Å². The summed E-state index contributed by atoms with van der Waals surface area (Å²) in [5, 5.41) is 3.49. The lowest BCUT2D eigenvalue weighted by atomic mass is 9.99. The number of aryl methyl sites for hydroxylation is 1. The van der Waals surface area contributed by atoms with Gasteiger partial charge in [0, 0.05) is 37.5 Å². The summed E-state index contributed by atoms with van der Waals surface area (Å²) in [4.78, 5) is 26.5. The quantitative estimate of drug-likeness (QED) is 0.927. The summed E-state index contributed by atoms with van der Waals surface area (Å²) in [6.45, 7) is 4.85. The fraction of sp³-hybridized carbons (Fsp3) is 0.333. The van der Waals surface area contributed by atoms with Crippen molar-refractivity contribution in [3.8, 4) is 0 Å². The molecule has 120 valence electrons. The topological polar surface area (TPSA) is 54.3 Å². The van der Waals surface area contributed by atoms with Gasteiger partial charge in [-0.3, -0.25) is 9.59 Å². The number of nitrogens with one attached hydrogen (secondary N) is 1. The zero-order valence-electron chi connectivity index (χ0n) is 13.6. The molecule has 2 aromatic rings. The van der Waals surface area contributed by atoms with Crippen LogP contribution < -0.4 is 15.8 Å². The second kappa shape index (κ2) is 5.91. The lowest BCUT2D eigenvalue weighted by Crippen LogP contribution is -2.47. The number of hydrogen-bond acceptors (Lipinski definition) is 3. The normalized spacial score (nSPS) is 16.9. The third-order valence-electron chi connectivity index (χ3n) is 4.32. The molecule has 1 amide bonds. The van der Waals surface area contributed by atoms with E-state index in [-0.39, 0.29) is 17.5 Å². The first-order chi connectivity index (χ1) is 11.0. The van der Waals surface area contributed by atoms with Crippen molar-refractivity contribution in [1.82, 2.24) is 4.57 Å². The highest BCUT2D eigenvalue weighted by Crippen LogP contribution is 2.33. The third-order valence-corrected chi connectivity index (χ3v) is 4.32. The molecule has 0 bridgehead atoms. The Labute approximate surface area is 135 Å². The van der Waals surface area contributed by atoms with Crippen LogP contribution in [-0.4, -0.2) is 23.1 Å². The van der Waals surface area contributed by atoms with E-state index in [1.165, 1.54) is 10.6 Å². The molecule has 0 spiro atoms. The molecule has 1 aliphatic heterocycles. The molecule has 1 atom stereocenters. The van der Waals surface area contributed by atoms with Gasteiger partial charge in [0.2, 0.25) is 0 Å². The van der Waals surface area contributed by atoms with E-state index in [4.69, 9.17) is 0 Å². The number of aromatic nitrogens is 1. The van der Waals surface area contributed by atoms with E-state index in [1.807, 2.05) is 24.3 Å². The van der Waals surface area contributed by atoms with Crippen LogP contribution >= 0.6 is 0 Å². The van der Waals surface area contributed by atoms with Crippen molar-refractivity contribution in [2.24, 2.45) is 13.0 Å². The number of carbonyl (C=O) groups is 1. The molecule has 2 heterocycles. The summed E-state index contributed by atoms with van der Waals surface area (Å²) in [6, 6.07) is 11.1. The molecule has 0 radical (unpaired) electrons. The predicted molar refractivity (Wildman–Crippen MR) is 92.1 cm³/mol. The summed E-state index contributed by atoms with van der Waals surface area (Å²) < 4.78 is 1.46. The van der Waals surface area contributed by atoms with Crippen molar-refractivity contribution in [3.05, 3.63) is 58.5 Å². The highest BCUT2D eigenvalue weighted by Gasteiger charge is 2.30. The number of benzene rings is 1. The molecule has 0 saturated carbocycles. The van der Waals surface area contributed by atoms with Gasteiger partial charge in [0.1, 0.15) is 0 Å². The summed E-state index contributed by atoms with van der Waals surface area (Å²) >= 11 is 0. The van der Waals surface area contributed by atoms with Crippen molar-refractivity contribution >= 4 is 17.3 Å². The van der Waals surface area contributed by atoms with Crippen molar-refractivity contribution in [1.29, 1.82) is 0 Å². The van der Waals surface area contributed by atoms with Crippen LogP contribution in [-0.2, 0) is 7.05 Å². The second-order valence-electron chi connectivity index (χ2n) is 6.29. The van der Waals surface area contributed by atoms with Gasteiger partial charge in [-0.15, -0.1) is 0 Å². The average molecular weight is 311 g/mol. The van der Waals surface area contributed by atoms with E-state index in [0.717, 1.165) is 11.4 Å². The monoisotopic (exact) mass is 311 g/mol. The second-order valence-corrected chi connectivity index (χ2v) is 6.29. The lowest BCUT2D eigenvalue weighted by Gasteiger charge is -2.37. The van der Waals surface area contributed by atoms with Gasteiger partial charge in [-0.25, -0.2) is 0 Å². The molecule has 0 unspecified atom stereocenters. The van der Waals surface area contributed by atoms with Gasteiger partial charge in [0.15, 0.2) is 0 Å². The molecule has 0 fully saturated rings. The molecule has 3 rings (SSSR count). The number of para-hydroxylation sites is 2. The molecule has 1 aromatic carbocycles. The molecule has 0 aliphatic carbocycles. The number of carbonyl (C=O) groups excluding carboxylic acids is 1. The van der Waals surface area contributed by atoms with Crippen LogP contribution in [0.2, 0.25) is 0 Å². The minimum atomic E-state index is -0.181. The fourth-order valence-electron chi connectivity index (χ4n) is 2.78. The van der Waals surface area contributed by atoms with Gasteiger partial charge in [0.25, 0.3) is 11.5 Å². The van der Waals surface area contributed by atoms with E-state index >= 15 is 0 Å². The minimum absolute atomic E-state index is 0.137. The number of fused-ring (bicyclic) bond motifs is 1. The molecule has 1 aromatic heterocycles. The Balaban J connectivity index is 2.01. The smallest absolute Gasteiger partial charge is 0.258 e. The third kappa shape index (κ3) is 2.86. The van der Waals surface area contributed by atoms with Gasteiger partial charge in [0.05, 0.1) is 11.4 Å². The Morgan fingerprint density at radius 3 is 2.70 bits per heavy atom. The molecule has 5 nitrogen and oxygen atoms in total. The minimum Gasteiger partial charge on any atom is -0.379 e. The largest absolute Gasteiger partial charge is 0.379 e. The number of pyridine rings is 1. The lowest BCUT2D eigenvalue weighted by molar-refractivity contribution is 0.0983. The maximum absolute atomic E-state index is 12.9. The van der Waals surface area contributed by atoms with Crippen LogP contribution in [0.25, 0.3) is 0 Å².